The molecule has 0 radical (unpaired) electrons. The molecule has 0 saturated carbocycles. The highest BCUT2D eigenvalue weighted by Crippen LogP contribution is 2.42. The Labute approximate surface area is 186 Å². The van der Waals surface area contributed by atoms with Crippen molar-refractivity contribution in [3.05, 3.63) is 70.9 Å². The molecule has 0 bridgehead atoms. The molecule has 1 fully saturated rings. The highest BCUT2D eigenvalue weighted by Gasteiger charge is 2.46. The molecule has 2 aromatic carbocycles. The van der Waals surface area contributed by atoms with Crippen molar-refractivity contribution in [1.82, 2.24) is 9.47 Å². The lowest BCUT2D eigenvalue weighted by molar-refractivity contribution is -0.140. The van der Waals surface area contributed by atoms with Gasteiger partial charge in [-0.3, -0.25) is 9.59 Å². The molecule has 1 amide bonds. The molecule has 1 aliphatic rings. The predicted octanol–water partition coefficient (Wildman–Crippen LogP) is 3.56. The van der Waals surface area contributed by atoms with Gasteiger partial charge >= 0.3 is 0 Å². The fourth-order valence-corrected chi connectivity index (χ4v) is 4.40. The minimum absolute atomic E-state index is 0.0759. The Bertz CT molecular complexity index is 1240. The predicted molar refractivity (Wildman–Crippen MR) is 122 cm³/mol. The Kier molecular flexibility index (Phi) is 5.76. The zero-order valence-corrected chi connectivity index (χ0v) is 18.6. The molecule has 1 atom stereocenters. The molecule has 1 aliphatic heterocycles. The molecule has 7 heteroatoms. The number of aryl methyl sites for hydroxylation is 2. The summed E-state index contributed by atoms with van der Waals surface area (Å²) in [6, 6.07) is 12.2. The van der Waals surface area contributed by atoms with Gasteiger partial charge in [0.05, 0.1) is 25.3 Å². The lowest BCUT2D eigenvalue weighted by Crippen LogP contribution is -2.32. The van der Waals surface area contributed by atoms with E-state index in [1.807, 2.05) is 49.0 Å². The second kappa shape index (κ2) is 8.51. The normalized spacial score (nSPS) is 18.0. The van der Waals surface area contributed by atoms with Gasteiger partial charge in [-0.05, 0) is 36.8 Å². The van der Waals surface area contributed by atoms with E-state index >= 15 is 0 Å². The summed E-state index contributed by atoms with van der Waals surface area (Å²) in [5.74, 6) is -0.878. The number of benzene rings is 2. The number of nitrogens with zero attached hydrogens (tertiary/aromatic N) is 2. The van der Waals surface area contributed by atoms with Gasteiger partial charge < -0.3 is 24.0 Å². The van der Waals surface area contributed by atoms with Gasteiger partial charge in [-0.25, -0.2) is 0 Å². The molecule has 32 heavy (non-hydrogen) atoms. The molecular formula is C25H26N2O5. The minimum atomic E-state index is -0.723. The van der Waals surface area contributed by atoms with Gasteiger partial charge in [0, 0.05) is 48.9 Å². The summed E-state index contributed by atoms with van der Waals surface area (Å²) in [4.78, 5) is 27.6. The van der Waals surface area contributed by atoms with Crippen LogP contribution in [-0.2, 0) is 21.4 Å². The topological polar surface area (TPSA) is 81.0 Å². The molecule has 3 aromatic rings. The van der Waals surface area contributed by atoms with Crippen LogP contribution in [0.1, 0.15) is 22.7 Å². The average molecular weight is 434 g/mol. The third-order valence-electron chi connectivity index (χ3n) is 5.97. The third kappa shape index (κ3) is 3.44. The molecule has 0 spiro atoms. The molecule has 0 aliphatic carbocycles. The molecule has 1 unspecified atom stereocenters. The van der Waals surface area contributed by atoms with Crippen molar-refractivity contribution in [2.45, 2.75) is 13.0 Å². The van der Waals surface area contributed by atoms with Gasteiger partial charge in [-0.15, -0.1) is 0 Å². The Morgan fingerprint density at radius 1 is 1.12 bits per heavy atom. The van der Waals surface area contributed by atoms with Crippen LogP contribution in [0.4, 0.5) is 0 Å². The van der Waals surface area contributed by atoms with E-state index in [9.17, 15) is 14.7 Å². The fourth-order valence-electron chi connectivity index (χ4n) is 4.40. The summed E-state index contributed by atoms with van der Waals surface area (Å²) < 4.78 is 12.4. The largest absolute Gasteiger partial charge is 0.507 e. The van der Waals surface area contributed by atoms with Crippen molar-refractivity contribution >= 4 is 28.4 Å². The molecule has 166 valence electrons. The Hall–Kier alpha value is -3.58. The van der Waals surface area contributed by atoms with Gasteiger partial charge in [0.1, 0.15) is 11.5 Å². The smallest absolute Gasteiger partial charge is 0.295 e. The molecule has 7 nitrogen and oxygen atoms in total. The van der Waals surface area contributed by atoms with E-state index in [-0.39, 0.29) is 24.5 Å². The van der Waals surface area contributed by atoms with E-state index in [1.54, 1.807) is 32.4 Å². The van der Waals surface area contributed by atoms with Crippen LogP contribution < -0.4 is 4.74 Å². The van der Waals surface area contributed by atoms with Crippen LogP contribution in [-0.4, -0.2) is 53.6 Å². The maximum absolute atomic E-state index is 13.1. The van der Waals surface area contributed by atoms with Crippen molar-refractivity contribution in [3.8, 4) is 5.75 Å². The molecule has 4 rings (SSSR count). The van der Waals surface area contributed by atoms with Crippen molar-refractivity contribution in [1.29, 1.82) is 0 Å². The van der Waals surface area contributed by atoms with E-state index in [2.05, 4.69) is 0 Å². The van der Waals surface area contributed by atoms with Crippen LogP contribution in [0.2, 0.25) is 0 Å². The van der Waals surface area contributed by atoms with Crippen molar-refractivity contribution in [3.63, 3.8) is 0 Å². The number of hydrogen-bond acceptors (Lipinski definition) is 5. The number of carbonyl (C=O) groups excluding carboxylic acids is 2. The van der Waals surface area contributed by atoms with E-state index in [1.165, 1.54) is 4.90 Å². The number of Topliss-reactive ketones (excluding diaryl/α,β-unsaturated/α-hetero) is 1. The van der Waals surface area contributed by atoms with E-state index in [4.69, 9.17) is 9.47 Å². The summed E-state index contributed by atoms with van der Waals surface area (Å²) >= 11 is 0. The van der Waals surface area contributed by atoms with E-state index in [0.29, 0.717) is 11.3 Å². The zero-order valence-electron chi connectivity index (χ0n) is 18.6. The van der Waals surface area contributed by atoms with Crippen molar-refractivity contribution in [2.24, 2.45) is 7.05 Å². The average Bonchev–Trinajstić information content (AvgIpc) is 3.25. The summed E-state index contributed by atoms with van der Waals surface area (Å²) in [6.45, 7) is 2.36. The fraction of sp³-hybridized carbons (Fsp3) is 0.280. The van der Waals surface area contributed by atoms with Crippen LogP contribution >= 0.6 is 0 Å². The van der Waals surface area contributed by atoms with E-state index < -0.39 is 17.7 Å². The molecule has 2 heterocycles. The number of ether oxygens (including phenoxy) is 2. The number of methoxy groups -OCH3 is 2. The SMILES string of the molecule is COCCN1C(=O)C(=O)/C(=C(/O)c2ccc(OC)c(C)c2)C1c1cn(C)c2ccccc12. The highest BCUT2D eigenvalue weighted by atomic mass is 16.5. The third-order valence-corrected chi connectivity index (χ3v) is 5.97. The monoisotopic (exact) mass is 434 g/mol. The number of aromatic nitrogens is 1. The van der Waals surface area contributed by atoms with Gasteiger partial charge in [0.2, 0.25) is 0 Å². The number of ketones is 1. The molecular weight excluding hydrogens is 408 g/mol. The second-order valence-electron chi connectivity index (χ2n) is 7.88. The van der Waals surface area contributed by atoms with Crippen LogP contribution in [0.5, 0.6) is 5.75 Å². The Balaban J connectivity index is 1.94. The summed E-state index contributed by atoms with van der Waals surface area (Å²) in [5.41, 5.74) is 3.10. The first-order valence-corrected chi connectivity index (χ1v) is 10.3. The van der Waals surface area contributed by atoms with E-state index in [0.717, 1.165) is 22.0 Å². The Morgan fingerprint density at radius 2 is 1.88 bits per heavy atom. The lowest BCUT2D eigenvalue weighted by Gasteiger charge is -2.24. The van der Waals surface area contributed by atoms with Gasteiger partial charge in [0.25, 0.3) is 11.7 Å². The number of rotatable bonds is 6. The zero-order chi connectivity index (χ0) is 23.0. The van der Waals surface area contributed by atoms with Crippen LogP contribution in [0.15, 0.2) is 54.2 Å². The van der Waals surface area contributed by atoms with Crippen LogP contribution in [0.3, 0.4) is 0 Å². The number of likely N-dealkylation sites (tertiary alicyclic amines) is 1. The Morgan fingerprint density at radius 3 is 2.56 bits per heavy atom. The second-order valence-corrected chi connectivity index (χ2v) is 7.88. The first kappa shape index (κ1) is 21.6. The lowest BCUT2D eigenvalue weighted by atomic mass is 9.94. The van der Waals surface area contributed by atoms with Gasteiger partial charge in [-0.1, -0.05) is 18.2 Å². The van der Waals surface area contributed by atoms with Crippen LogP contribution in [0.25, 0.3) is 16.7 Å². The summed E-state index contributed by atoms with van der Waals surface area (Å²) in [7, 11) is 5.04. The quantitative estimate of drug-likeness (QED) is 0.365. The number of para-hydroxylation sites is 1. The highest BCUT2D eigenvalue weighted by molar-refractivity contribution is 6.46. The maximum Gasteiger partial charge on any atom is 0.295 e. The van der Waals surface area contributed by atoms with Crippen LogP contribution in [0, 0.1) is 6.92 Å². The number of hydrogen-bond donors (Lipinski definition) is 1. The summed E-state index contributed by atoms with van der Waals surface area (Å²) in [6.07, 6.45) is 1.91. The number of fused-ring (bicyclic) bond motifs is 1. The van der Waals surface area contributed by atoms with Gasteiger partial charge in [0.15, 0.2) is 0 Å². The number of carbonyl (C=O) groups is 2. The number of aliphatic hydroxyl groups excluding tert-OH is 1. The van der Waals surface area contributed by atoms with Crippen molar-refractivity contribution in [2.75, 3.05) is 27.4 Å². The number of aliphatic hydroxyl groups is 1. The first-order chi connectivity index (χ1) is 15.4. The molecule has 1 saturated heterocycles. The number of amides is 1. The standard InChI is InChI=1S/C25H26N2O5/c1-15-13-16(9-10-20(15)32-4)23(28)21-22(27(11-12-31-3)25(30)24(21)29)18-14-26(2)19-8-6-5-7-17(18)19/h5-10,13-14,22,28H,11-12H2,1-4H3/b23-21+. The summed E-state index contributed by atoms with van der Waals surface area (Å²) in [5, 5.41) is 12.2. The minimum Gasteiger partial charge on any atom is -0.507 e. The molecule has 1 aromatic heterocycles. The van der Waals surface area contributed by atoms with Gasteiger partial charge in [-0.2, -0.15) is 0 Å². The van der Waals surface area contributed by atoms with Crippen molar-refractivity contribution < 1.29 is 24.2 Å². The first-order valence-electron chi connectivity index (χ1n) is 10.3. The maximum atomic E-state index is 13.1. The molecule has 1 N–H and O–H groups in total.